The van der Waals surface area contributed by atoms with Gasteiger partial charge < -0.3 is 14.4 Å². The van der Waals surface area contributed by atoms with Gasteiger partial charge in [-0.3, -0.25) is 14.1 Å². The van der Waals surface area contributed by atoms with Crippen LogP contribution in [0.2, 0.25) is 0 Å². The van der Waals surface area contributed by atoms with Crippen molar-refractivity contribution in [2.45, 2.75) is 119 Å². The van der Waals surface area contributed by atoms with Gasteiger partial charge >= 0.3 is 11.9 Å². The molecule has 0 aromatic heterocycles. The molecular formula is C37H42I3NO8S. The number of ether oxygens (including phenoxy) is 2. The molecule has 7 rings (SSSR count). The van der Waals surface area contributed by atoms with Gasteiger partial charge in [-0.25, -0.2) is 4.79 Å². The largest absolute Gasteiger partial charge is 0.456 e. The Balaban J connectivity index is 1.24. The van der Waals surface area contributed by atoms with Crippen molar-refractivity contribution in [2.75, 3.05) is 0 Å². The quantitative estimate of drug-likeness (QED) is 0.0918. The number of rotatable bonds is 8. The summed E-state index contributed by atoms with van der Waals surface area (Å²) in [4.78, 5) is 44.0. The average molecular weight is 1040 g/mol. The van der Waals surface area contributed by atoms with Gasteiger partial charge in [0.1, 0.15) is 16.7 Å². The van der Waals surface area contributed by atoms with Crippen molar-refractivity contribution in [3.8, 4) is 5.75 Å². The summed E-state index contributed by atoms with van der Waals surface area (Å²) in [6.45, 7) is 3.90. The predicted molar refractivity (Wildman–Crippen MR) is 212 cm³/mol. The Bertz CT molecular complexity index is 1780. The number of hydrogen-bond donors (Lipinski definition) is 1. The predicted octanol–water partition coefficient (Wildman–Crippen LogP) is 8.47. The van der Waals surface area contributed by atoms with Crippen LogP contribution in [-0.2, 0) is 24.4 Å². The molecule has 0 radical (unpaired) electrons. The minimum Gasteiger partial charge on any atom is -0.456 e. The number of nitrogens with zero attached hydrogens (tertiary/aromatic N) is 1. The van der Waals surface area contributed by atoms with E-state index < -0.39 is 45.9 Å². The van der Waals surface area contributed by atoms with Crippen molar-refractivity contribution >= 4 is 95.7 Å². The van der Waals surface area contributed by atoms with E-state index in [-0.39, 0.29) is 46.4 Å². The molecule has 6 unspecified atom stereocenters. The summed E-state index contributed by atoms with van der Waals surface area (Å²) in [5.41, 5.74) is 1.52. The molecule has 9 nitrogen and oxygen atoms in total. The van der Waals surface area contributed by atoms with E-state index in [4.69, 9.17) is 9.47 Å². The van der Waals surface area contributed by atoms with Gasteiger partial charge in [-0.1, -0.05) is 38.5 Å². The first-order chi connectivity index (χ1) is 23.8. The van der Waals surface area contributed by atoms with Crippen LogP contribution in [0.15, 0.2) is 29.2 Å². The molecule has 1 aliphatic heterocycles. The van der Waals surface area contributed by atoms with Crippen LogP contribution in [-0.4, -0.2) is 53.9 Å². The third kappa shape index (κ3) is 6.78. The molecule has 5 aliphatic rings. The lowest BCUT2D eigenvalue weighted by Crippen LogP contribution is -2.48. The molecule has 0 spiro atoms. The first kappa shape index (κ1) is 37.3. The molecular weight excluding hydrogens is 999 g/mol. The van der Waals surface area contributed by atoms with Gasteiger partial charge in [-0.05, 0) is 167 Å². The van der Waals surface area contributed by atoms with Crippen LogP contribution in [0.4, 0.5) is 0 Å². The Hall–Kier alpha value is -1.05. The minimum absolute atomic E-state index is 0.00995. The van der Waals surface area contributed by atoms with Crippen LogP contribution in [0.3, 0.4) is 0 Å². The molecule has 6 atom stereocenters. The Morgan fingerprint density at radius 1 is 0.880 bits per heavy atom. The fourth-order valence-electron chi connectivity index (χ4n) is 9.94. The summed E-state index contributed by atoms with van der Waals surface area (Å²) in [5, 5.41) is 0. The summed E-state index contributed by atoms with van der Waals surface area (Å²) < 4.78 is 51.9. The van der Waals surface area contributed by atoms with Gasteiger partial charge in [0.05, 0.1) is 23.4 Å². The zero-order valence-electron chi connectivity index (χ0n) is 28.1. The Morgan fingerprint density at radius 3 is 2.00 bits per heavy atom. The maximum Gasteiger partial charge on any atom is 0.339 e. The highest BCUT2D eigenvalue weighted by atomic mass is 127. The molecule has 1 saturated heterocycles. The van der Waals surface area contributed by atoms with Crippen molar-refractivity contribution in [2.24, 2.45) is 23.7 Å². The maximum atomic E-state index is 14.4. The Labute approximate surface area is 334 Å². The summed E-state index contributed by atoms with van der Waals surface area (Å²) in [7, 11) is -4.55. The molecule has 1 heterocycles. The number of benzene rings is 2. The van der Waals surface area contributed by atoms with Gasteiger partial charge in [-0.15, -0.1) is 0 Å². The number of amides is 1. The van der Waals surface area contributed by atoms with E-state index in [1.165, 1.54) is 0 Å². The van der Waals surface area contributed by atoms with Gasteiger partial charge in [0, 0.05) is 22.7 Å². The lowest BCUT2D eigenvalue weighted by Gasteiger charge is -2.35. The highest BCUT2D eigenvalue weighted by Gasteiger charge is 2.71. The lowest BCUT2D eigenvalue weighted by atomic mass is 9.78. The smallest absolute Gasteiger partial charge is 0.339 e. The monoisotopic (exact) mass is 1040 g/mol. The van der Waals surface area contributed by atoms with Crippen LogP contribution in [0, 0.1) is 34.4 Å². The van der Waals surface area contributed by atoms with Crippen molar-refractivity contribution < 1.29 is 36.8 Å². The first-order valence-electron chi connectivity index (χ1n) is 17.8. The van der Waals surface area contributed by atoms with Gasteiger partial charge in [0.25, 0.3) is 10.1 Å². The van der Waals surface area contributed by atoms with Crippen molar-refractivity contribution in [3.63, 3.8) is 0 Å². The van der Waals surface area contributed by atoms with E-state index in [1.54, 1.807) is 18.2 Å². The second-order valence-corrected chi connectivity index (χ2v) is 19.9. The standard InChI is InChI=1S/C37H42I3NO8S/c1-18(2)41-32-25-17-26(33(32)49-36(43)27-13-21(38)14-28(39)31(27)40)30(29(25)35(41)42)37(44)48-22-15-23(19-9-5-3-6-10-19)34(50(45,46)47)24(16-22)20-11-7-4-8-12-20/h13-16,18-20,25-26,29-30,32-33H,3-12,17H2,1-2H3,(H,45,46,47). The number of esters is 2. The molecule has 50 heavy (non-hydrogen) atoms. The molecule has 270 valence electrons. The van der Waals surface area contributed by atoms with Crippen molar-refractivity contribution in [1.82, 2.24) is 4.90 Å². The maximum absolute atomic E-state index is 14.4. The van der Waals surface area contributed by atoms with E-state index >= 15 is 0 Å². The molecule has 2 bridgehead atoms. The fourth-order valence-corrected chi connectivity index (χ4v) is 13.4. The second kappa shape index (κ2) is 14.6. The summed E-state index contributed by atoms with van der Waals surface area (Å²) in [6.07, 6.45) is 9.08. The number of halogens is 3. The third-order valence-electron chi connectivity index (χ3n) is 11.9. The second-order valence-electron chi connectivity index (χ2n) is 15.1. The van der Waals surface area contributed by atoms with Gasteiger partial charge in [0.15, 0.2) is 0 Å². The van der Waals surface area contributed by atoms with Crippen molar-refractivity contribution in [3.05, 3.63) is 51.7 Å². The van der Waals surface area contributed by atoms with Crippen LogP contribution in [0.5, 0.6) is 5.75 Å². The Kier molecular flexibility index (Phi) is 10.9. The summed E-state index contributed by atoms with van der Waals surface area (Å²) in [5.74, 6) is -2.93. The van der Waals surface area contributed by atoms with E-state index in [0.29, 0.717) is 23.1 Å². The number of likely N-dealkylation sites (tertiary alicyclic amines) is 1. The Morgan fingerprint density at radius 2 is 1.46 bits per heavy atom. The van der Waals surface area contributed by atoms with E-state index in [2.05, 4.69) is 67.8 Å². The SMILES string of the molecule is CC(C)N1C(=O)C2C3CC(C(OC(=O)c4cc(I)cc(I)c4I)C31)C2C(=O)Oc1cc(C2CCCCC2)c(S(=O)(=O)O)c(C2CCCCC2)c1. The zero-order valence-corrected chi connectivity index (χ0v) is 35.4. The van der Waals surface area contributed by atoms with E-state index in [1.807, 2.05) is 24.8 Å². The molecule has 4 saturated carbocycles. The average Bonchev–Trinajstić information content (AvgIpc) is 3.69. The molecule has 5 fully saturated rings. The number of fused-ring (bicyclic) bond motifs is 1. The van der Waals surface area contributed by atoms with E-state index in [9.17, 15) is 27.4 Å². The molecule has 1 N–H and O–H groups in total. The lowest BCUT2D eigenvalue weighted by molar-refractivity contribution is -0.147. The molecule has 13 heteroatoms. The summed E-state index contributed by atoms with van der Waals surface area (Å²) in [6, 6.07) is 6.64. The normalized spacial score (nSPS) is 28.5. The molecule has 1 amide bonds. The molecule has 4 aliphatic carbocycles. The number of carbonyl (C=O) groups excluding carboxylic acids is 3. The number of carbonyl (C=O) groups is 3. The summed E-state index contributed by atoms with van der Waals surface area (Å²) >= 11 is 6.54. The van der Waals surface area contributed by atoms with Crippen molar-refractivity contribution in [1.29, 1.82) is 0 Å². The molecule has 2 aromatic rings. The third-order valence-corrected chi connectivity index (χ3v) is 16.5. The first-order valence-corrected chi connectivity index (χ1v) is 22.5. The number of hydrogen-bond acceptors (Lipinski definition) is 7. The molecule has 2 aromatic carbocycles. The highest BCUT2D eigenvalue weighted by Crippen LogP contribution is 2.60. The van der Waals surface area contributed by atoms with Gasteiger partial charge in [0.2, 0.25) is 5.91 Å². The van der Waals surface area contributed by atoms with Gasteiger partial charge in [-0.2, -0.15) is 8.42 Å². The highest BCUT2D eigenvalue weighted by molar-refractivity contribution is 14.1. The van der Waals surface area contributed by atoms with Crippen LogP contribution < -0.4 is 4.74 Å². The van der Waals surface area contributed by atoms with Crippen LogP contribution in [0.25, 0.3) is 0 Å². The minimum atomic E-state index is -4.55. The van der Waals surface area contributed by atoms with Crippen LogP contribution >= 0.6 is 67.8 Å². The fraction of sp³-hybridized carbons (Fsp3) is 0.595. The van der Waals surface area contributed by atoms with E-state index in [0.717, 1.165) is 74.9 Å². The topological polar surface area (TPSA) is 127 Å². The van der Waals surface area contributed by atoms with Crippen LogP contribution in [0.1, 0.15) is 118 Å². The zero-order chi connectivity index (χ0) is 35.6.